The molecular formula is C7H5N3O3S. The Morgan fingerprint density at radius 3 is 2.29 bits per heavy atom. The fraction of sp³-hybridized carbons (Fsp3) is 0. The lowest BCUT2D eigenvalue weighted by Gasteiger charge is -1.96. The van der Waals surface area contributed by atoms with Crippen molar-refractivity contribution in [2.24, 2.45) is 0 Å². The molecule has 0 spiro atoms. The Bertz CT molecular complexity index is 570. The Morgan fingerprint density at radius 2 is 1.79 bits per heavy atom. The Morgan fingerprint density at radius 1 is 1.14 bits per heavy atom. The van der Waals surface area contributed by atoms with Gasteiger partial charge in [0.1, 0.15) is 5.00 Å². The van der Waals surface area contributed by atoms with Crippen molar-refractivity contribution >= 4 is 11.3 Å². The summed E-state index contributed by atoms with van der Waals surface area (Å²) < 4.78 is 0.867. The highest BCUT2D eigenvalue weighted by molar-refractivity contribution is 7.12. The SMILES string of the molecule is O=c1[nH]c(=O)n(-c2cccs2)c(=O)[nH]1. The third kappa shape index (κ3) is 1.33. The van der Waals surface area contributed by atoms with Crippen LogP contribution in [0.25, 0.3) is 5.00 Å². The fourth-order valence-electron chi connectivity index (χ4n) is 1.03. The van der Waals surface area contributed by atoms with Crippen LogP contribution in [0, 0.1) is 0 Å². The van der Waals surface area contributed by atoms with Crippen LogP contribution in [-0.4, -0.2) is 14.5 Å². The number of rotatable bonds is 1. The second-order valence-corrected chi connectivity index (χ2v) is 3.40. The molecule has 2 aromatic heterocycles. The van der Waals surface area contributed by atoms with Crippen LogP contribution in [0.1, 0.15) is 0 Å². The van der Waals surface area contributed by atoms with Crippen LogP contribution < -0.4 is 17.1 Å². The van der Waals surface area contributed by atoms with Gasteiger partial charge in [0.2, 0.25) is 0 Å². The molecule has 7 heteroatoms. The van der Waals surface area contributed by atoms with Crippen LogP contribution in [0.4, 0.5) is 0 Å². The molecule has 14 heavy (non-hydrogen) atoms. The monoisotopic (exact) mass is 211 g/mol. The van der Waals surface area contributed by atoms with Crippen LogP contribution in [0.5, 0.6) is 0 Å². The number of nitrogens with one attached hydrogen (secondary N) is 2. The van der Waals surface area contributed by atoms with E-state index in [1.165, 1.54) is 11.3 Å². The van der Waals surface area contributed by atoms with Crippen molar-refractivity contribution < 1.29 is 0 Å². The molecule has 2 aromatic rings. The van der Waals surface area contributed by atoms with Gasteiger partial charge >= 0.3 is 17.1 Å². The molecule has 6 nitrogen and oxygen atoms in total. The number of aromatic nitrogens is 3. The van der Waals surface area contributed by atoms with Gasteiger partial charge < -0.3 is 0 Å². The van der Waals surface area contributed by atoms with E-state index in [9.17, 15) is 14.4 Å². The van der Waals surface area contributed by atoms with Crippen LogP contribution >= 0.6 is 11.3 Å². The quantitative estimate of drug-likeness (QED) is 0.652. The van der Waals surface area contributed by atoms with E-state index in [-0.39, 0.29) is 0 Å². The van der Waals surface area contributed by atoms with Gasteiger partial charge in [0, 0.05) is 0 Å². The van der Waals surface area contributed by atoms with Gasteiger partial charge in [-0.2, -0.15) is 0 Å². The summed E-state index contributed by atoms with van der Waals surface area (Å²) in [6.07, 6.45) is 0. The maximum Gasteiger partial charge on any atom is 0.338 e. The maximum absolute atomic E-state index is 11.3. The molecule has 0 aliphatic heterocycles. The molecule has 72 valence electrons. The lowest BCUT2D eigenvalue weighted by atomic mass is 10.6. The van der Waals surface area contributed by atoms with Crippen molar-refractivity contribution in [2.45, 2.75) is 0 Å². The minimum atomic E-state index is -0.798. The molecule has 0 atom stereocenters. The molecule has 2 heterocycles. The average molecular weight is 211 g/mol. The van der Waals surface area contributed by atoms with Crippen LogP contribution in [0.2, 0.25) is 0 Å². The predicted molar refractivity (Wildman–Crippen MR) is 51.2 cm³/mol. The van der Waals surface area contributed by atoms with E-state index in [0.717, 1.165) is 4.57 Å². The van der Waals surface area contributed by atoms with Gasteiger partial charge in [-0.3, -0.25) is 9.97 Å². The minimum absolute atomic E-state index is 0.465. The summed E-state index contributed by atoms with van der Waals surface area (Å²) in [5.74, 6) is 0. The lowest BCUT2D eigenvalue weighted by Crippen LogP contribution is -2.41. The summed E-state index contributed by atoms with van der Waals surface area (Å²) in [4.78, 5) is 37.2. The van der Waals surface area contributed by atoms with Gasteiger partial charge in [-0.05, 0) is 17.5 Å². The molecule has 0 amide bonds. The average Bonchev–Trinajstić information content (AvgIpc) is 2.54. The van der Waals surface area contributed by atoms with E-state index < -0.39 is 17.1 Å². The zero-order valence-electron chi connectivity index (χ0n) is 6.81. The lowest BCUT2D eigenvalue weighted by molar-refractivity contribution is 0.793. The molecular weight excluding hydrogens is 206 g/mol. The first kappa shape index (κ1) is 8.70. The molecule has 0 aliphatic rings. The van der Waals surface area contributed by atoms with Gasteiger partial charge in [-0.1, -0.05) is 0 Å². The first-order valence-corrected chi connectivity index (χ1v) is 4.56. The van der Waals surface area contributed by atoms with Crippen molar-refractivity contribution in [3.8, 4) is 5.00 Å². The summed E-state index contributed by atoms with van der Waals surface area (Å²) in [5.41, 5.74) is -2.27. The van der Waals surface area contributed by atoms with Gasteiger partial charge in [0.15, 0.2) is 0 Å². The maximum atomic E-state index is 11.3. The van der Waals surface area contributed by atoms with Crippen LogP contribution in [0.15, 0.2) is 31.9 Å². The van der Waals surface area contributed by atoms with Gasteiger partial charge in [0.05, 0.1) is 0 Å². The van der Waals surface area contributed by atoms with Crippen molar-refractivity contribution in [2.75, 3.05) is 0 Å². The summed E-state index contributed by atoms with van der Waals surface area (Å²) in [7, 11) is 0. The first-order valence-electron chi connectivity index (χ1n) is 3.68. The first-order chi connectivity index (χ1) is 6.68. The molecule has 0 unspecified atom stereocenters. The number of hydrogen-bond donors (Lipinski definition) is 2. The summed E-state index contributed by atoms with van der Waals surface area (Å²) in [6.45, 7) is 0. The van der Waals surface area contributed by atoms with Crippen molar-refractivity contribution in [1.29, 1.82) is 0 Å². The van der Waals surface area contributed by atoms with Crippen LogP contribution in [-0.2, 0) is 0 Å². The van der Waals surface area contributed by atoms with E-state index in [0.29, 0.717) is 5.00 Å². The Kier molecular flexibility index (Phi) is 1.93. The third-order valence-corrected chi connectivity index (χ3v) is 2.43. The highest BCUT2D eigenvalue weighted by Gasteiger charge is 2.05. The van der Waals surface area contributed by atoms with E-state index in [1.54, 1.807) is 17.5 Å². The van der Waals surface area contributed by atoms with E-state index in [4.69, 9.17) is 0 Å². The van der Waals surface area contributed by atoms with Crippen LogP contribution in [0.3, 0.4) is 0 Å². The second kappa shape index (κ2) is 3.11. The molecule has 0 saturated carbocycles. The normalized spacial score (nSPS) is 10.3. The molecule has 0 fully saturated rings. The number of thiophene rings is 1. The van der Waals surface area contributed by atoms with E-state index in [1.807, 2.05) is 9.97 Å². The smallest absolute Gasteiger partial charge is 0.258 e. The molecule has 0 saturated heterocycles. The Labute approximate surface area is 80.5 Å². The van der Waals surface area contributed by atoms with Gasteiger partial charge in [-0.15, -0.1) is 11.3 Å². The summed E-state index contributed by atoms with van der Waals surface area (Å²) in [5, 5.41) is 2.19. The topological polar surface area (TPSA) is 87.7 Å². The highest BCUT2D eigenvalue weighted by atomic mass is 32.1. The molecule has 0 bridgehead atoms. The van der Waals surface area contributed by atoms with Gasteiger partial charge in [-0.25, -0.2) is 19.0 Å². The van der Waals surface area contributed by atoms with Crippen molar-refractivity contribution in [3.63, 3.8) is 0 Å². The van der Waals surface area contributed by atoms with Crippen molar-refractivity contribution in [3.05, 3.63) is 49.0 Å². The second-order valence-electron chi connectivity index (χ2n) is 2.48. The minimum Gasteiger partial charge on any atom is -0.258 e. The van der Waals surface area contributed by atoms with E-state index in [2.05, 4.69) is 0 Å². The molecule has 2 rings (SSSR count). The number of nitrogens with zero attached hydrogens (tertiary/aromatic N) is 1. The highest BCUT2D eigenvalue weighted by Crippen LogP contribution is 2.09. The number of H-pyrrole nitrogens is 2. The molecule has 0 radical (unpaired) electrons. The summed E-state index contributed by atoms with van der Waals surface area (Å²) in [6, 6.07) is 3.32. The van der Waals surface area contributed by atoms with Crippen molar-refractivity contribution in [1.82, 2.24) is 14.5 Å². The van der Waals surface area contributed by atoms with E-state index >= 15 is 0 Å². The molecule has 2 N–H and O–H groups in total. The Hall–Kier alpha value is -1.89. The fourth-order valence-corrected chi connectivity index (χ4v) is 1.75. The molecule has 0 aromatic carbocycles. The van der Waals surface area contributed by atoms with Gasteiger partial charge in [0.25, 0.3) is 0 Å². The zero-order valence-corrected chi connectivity index (χ0v) is 7.63. The standard InChI is InChI=1S/C7H5N3O3S/c11-5-8-6(12)10(7(13)9-5)4-2-1-3-14-4/h1-3H,(H2,8,9,11,12,13). The Balaban J connectivity index is 2.84. The number of hydrogen-bond acceptors (Lipinski definition) is 4. The zero-order chi connectivity index (χ0) is 10.1. The summed E-state index contributed by atoms with van der Waals surface area (Å²) >= 11 is 1.23. The predicted octanol–water partition coefficient (Wildman–Crippen LogP) is -0.724. The third-order valence-electron chi connectivity index (χ3n) is 1.57. The number of aromatic amines is 2. The molecule has 0 aliphatic carbocycles. The largest absolute Gasteiger partial charge is 0.338 e.